The summed E-state index contributed by atoms with van der Waals surface area (Å²) in [6, 6.07) is 7.98. The van der Waals surface area contributed by atoms with Gasteiger partial charge in [-0.05, 0) is 67.6 Å². The molecule has 0 heterocycles. The molecule has 4 heteroatoms. The molecule has 0 aromatic heterocycles. The van der Waals surface area contributed by atoms with Crippen molar-refractivity contribution in [2.24, 2.45) is 11.1 Å². The molecule has 0 radical (unpaired) electrons. The molecule has 0 aliphatic heterocycles. The second-order valence-corrected chi connectivity index (χ2v) is 10.2. The Hall–Kier alpha value is -2.33. The Morgan fingerprint density at radius 3 is 2.32 bits per heavy atom. The Bertz CT molecular complexity index is 836. The van der Waals surface area contributed by atoms with E-state index in [4.69, 9.17) is 11.1 Å². The van der Waals surface area contributed by atoms with E-state index in [1.165, 1.54) is 0 Å². The molecule has 0 saturated heterocycles. The Labute approximate surface area is 188 Å². The molecular weight excluding hydrogens is 382 g/mol. The Kier molecular flexibility index (Phi) is 8.69. The lowest BCUT2D eigenvalue weighted by Gasteiger charge is -2.27. The standard InChI is InChI=1S/C27H41N3O/c1-26(2,3)17-20-9-6-7-11-23(12-8-10-20)27(4,31)18-21-13-15-22(16-14-21)24(19-30-5)25(28)29/h9,12-16,19,30-31H,6-8,10-11,17-18H2,1-5H3,(H3,28,29)/b20-9+,23-12+,24-19-. The van der Waals surface area contributed by atoms with Crippen LogP contribution in [0.3, 0.4) is 0 Å². The van der Waals surface area contributed by atoms with Crippen molar-refractivity contribution in [3.05, 3.63) is 64.9 Å². The minimum absolute atomic E-state index is 0.0317. The summed E-state index contributed by atoms with van der Waals surface area (Å²) in [6.45, 7) is 8.83. The lowest BCUT2D eigenvalue weighted by atomic mass is 9.84. The number of hydrogen-bond donors (Lipinski definition) is 4. The lowest BCUT2D eigenvalue weighted by molar-refractivity contribution is 0.0945. The van der Waals surface area contributed by atoms with Crippen LogP contribution in [0.1, 0.15) is 77.3 Å². The van der Waals surface area contributed by atoms with Crippen LogP contribution in [0.4, 0.5) is 0 Å². The summed E-state index contributed by atoms with van der Waals surface area (Å²) in [4.78, 5) is 0. The third-order valence-electron chi connectivity index (χ3n) is 5.78. The number of nitrogens with two attached hydrogens (primary N) is 1. The van der Waals surface area contributed by atoms with Crippen LogP contribution >= 0.6 is 0 Å². The van der Waals surface area contributed by atoms with Gasteiger partial charge in [-0.2, -0.15) is 0 Å². The van der Waals surface area contributed by atoms with E-state index >= 15 is 0 Å². The van der Waals surface area contributed by atoms with Crippen LogP contribution in [0.2, 0.25) is 0 Å². The Balaban J connectivity index is 2.10. The van der Waals surface area contributed by atoms with E-state index in [0.717, 1.165) is 55.2 Å². The number of amidine groups is 1. The number of hydrogen-bond acceptors (Lipinski definition) is 3. The predicted octanol–water partition coefficient (Wildman–Crippen LogP) is 5.73. The van der Waals surface area contributed by atoms with E-state index < -0.39 is 5.60 Å². The second-order valence-electron chi connectivity index (χ2n) is 10.2. The molecule has 0 amide bonds. The average molecular weight is 424 g/mol. The average Bonchev–Trinajstić information content (AvgIpc) is 2.77. The van der Waals surface area contributed by atoms with Gasteiger partial charge in [0.15, 0.2) is 0 Å². The predicted molar refractivity (Wildman–Crippen MR) is 133 cm³/mol. The van der Waals surface area contributed by atoms with Gasteiger partial charge in [0.1, 0.15) is 5.84 Å². The van der Waals surface area contributed by atoms with Crippen LogP contribution in [0, 0.1) is 10.8 Å². The number of aliphatic hydroxyl groups is 1. The largest absolute Gasteiger partial charge is 0.393 e. The zero-order chi connectivity index (χ0) is 23.1. The number of nitrogens with one attached hydrogen (secondary N) is 2. The monoisotopic (exact) mass is 423 g/mol. The maximum Gasteiger partial charge on any atom is 0.124 e. The smallest absolute Gasteiger partial charge is 0.124 e. The van der Waals surface area contributed by atoms with Gasteiger partial charge in [0, 0.05) is 25.2 Å². The Morgan fingerprint density at radius 2 is 1.74 bits per heavy atom. The van der Waals surface area contributed by atoms with Gasteiger partial charge in [0.25, 0.3) is 0 Å². The van der Waals surface area contributed by atoms with Crippen molar-refractivity contribution in [2.75, 3.05) is 7.05 Å². The van der Waals surface area contributed by atoms with Crippen LogP contribution in [0.25, 0.3) is 5.57 Å². The summed E-state index contributed by atoms with van der Waals surface area (Å²) in [5.74, 6) is 0.0317. The fourth-order valence-corrected chi connectivity index (χ4v) is 4.34. The van der Waals surface area contributed by atoms with Gasteiger partial charge < -0.3 is 16.2 Å². The molecule has 1 aliphatic carbocycles. The van der Waals surface area contributed by atoms with Crippen LogP contribution in [0.5, 0.6) is 0 Å². The number of benzene rings is 1. The van der Waals surface area contributed by atoms with Crippen LogP contribution < -0.4 is 11.1 Å². The van der Waals surface area contributed by atoms with Crippen molar-refractivity contribution in [1.82, 2.24) is 5.32 Å². The summed E-state index contributed by atoms with van der Waals surface area (Å²) in [7, 11) is 1.79. The topological polar surface area (TPSA) is 82.1 Å². The molecule has 0 spiro atoms. The van der Waals surface area contributed by atoms with Gasteiger partial charge in [-0.15, -0.1) is 0 Å². The van der Waals surface area contributed by atoms with Crippen LogP contribution in [0.15, 0.2) is 53.8 Å². The molecule has 31 heavy (non-hydrogen) atoms. The highest BCUT2D eigenvalue weighted by atomic mass is 16.3. The number of rotatable bonds is 7. The molecule has 4 nitrogen and oxygen atoms in total. The first-order chi connectivity index (χ1) is 14.5. The quantitative estimate of drug-likeness (QED) is 0.257. The molecule has 1 atom stereocenters. The molecule has 1 aliphatic rings. The number of allylic oxidation sites excluding steroid dienone is 3. The molecule has 0 saturated carbocycles. The first-order valence-electron chi connectivity index (χ1n) is 11.4. The molecule has 1 aromatic rings. The van der Waals surface area contributed by atoms with Gasteiger partial charge in [-0.3, -0.25) is 5.41 Å². The van der Waals surface area contributed by atoms with Crippen LogP contribution in [-0.4, -0.2) is 23.6 Å². The summed E-state index contributed by atoms with van der Waals surface area (Å²) < 4.78 is 0. The van der Waals surface area contributed by atoms with E-state index in [0.29, 0.717) is 17.4 Å². The molecule has 5 N–H and O–H groups in total. The third-order valence-corrected chi connectivity index (χ3v) is 5.78. The minimum Gasteiger partial charge on any atom is -0.393 e. The maximum absolute atomic E-state index is 11.3. The zero-order valence-corrected chi connectivity index (χ0v) is 20.0. The van der Waals surface area contributed by atoms with Gasteiger partial charge >= 0.3 is 0 Å². The molecule has 1 aromatic carbocycles. The summed E-state index contributed by atoms with van der Waals surface area (Å²) in [6.07, 6.45) is 13.3. The van der Waals surface area contributed by atoms with Crippen molar-refractivity contribution in [3.63, 3.8) is 0 Å². The van der Waals surface area contributed by atoms with E-state index in [1.54, 1.807) is 18.8 Å². The highest BCUT2D eigenvalue weighted by molar-refractivity contribution is 6.20. The highest BCUT2D eigenvalue weighted by Gasteiger charge is 2.26. The van der Waals surface area contributed by atoms with Crippen molar-refractivity contribution in [3.8, 4) is 0 Å². The fourth-order valence-electron chi connectivity index (χ4n) is 4.34. The molecular formula is C27H41N3O. The summed E-state index contributed by atoms with van der Waals surface area (Å²) in [5, 5.41) is 22.0. The van der Waals surface area contributed by atoms with Crippen molar-refractivity contribution < 1.29 is 5.11 Å². The normalized spacial score (nSPS) is 21.4. The molecule has 2 rings (SSSR count). The Morgan fingerprint density at radius 1 is 1.06 bits per heavy atom. The van der Waals surface area contributed by atoms with Gasteiger partial charge in [-0.25, -0.2) is 0 Å². The molecule has 0 fully saturated rings. The van der Waals surface area contributed by atoms with Crippen molar-refractivity contribution >= 4 is 11.4 Å². The fraction of sp³-hybridized carbons (Fsp3) is 0.519. The van der Waals surface area contributed by atoms with Crippen LogP contribution in [-0.2, 0) is 6.42 Å². The highest BCUT2D eigenvalue weighted by Crippen LogP contribution is 2.32. The molecule has 1 unspecified atom stereocenters. The maximum atomic E-state index is 11.3. The van der Waals surface area contributed by atoms with Crippen molar-refractivity contribution in [2.45, 2.75) is 78.2 Å². The van der Waals surface area contributed by atoms with Crippen molar-refractivity contribution in [1.29, 1.82) is 5.41 Å². The van der Waals surface area contributed by atoms with E-state index in [9.17, 15) is 5.11 Å². The van der Waals surface area contributed by atoms with Gasteiger partial charge in [0.05, 0.1) is 5.60 Å². The van der Waals surface area contributed by atoms with E-state index in [1.807, 2.05) is 31.2 Å². The zero-order valence-electron chi connectivity index (χ0n) is 20.0. The van der Waals surface area contributed by atoms with E-state index in [-0.39, 0.29) is 5.84 Å². The second kappa shape index (κ2) is 10.8. The SMILES string of the molecule is CN/C=C(\C(=N)N)c1ccc(CC(C)(O)/C2=C/CC/C(CC(C)(C)C)=C\CCC2)cc1. The van der Waals surface area contributed by atoms with Gasteiger partial charge in [-0.1, -0.05) is 62.8 Å². The first-order valence-corrected chi connectivity index (χ1v) is 11.4. The molecule has 0 bridgehead atoms. The first kappa shape index (κ1) is 24.9. The van der Waals surface area contributed by atoms with E-state index in [2.05, 4.69) is 38.2 Å². The van der Waals surface area contributed by atoms with Gasteiger partial charge in [0.2, 0.25) is 0 Å². The third kappa shape index (κ3) is 8.02. The lowest BCUT2D eigenvalue weighted by Crippen LogP contribution is -2.30. The molecule has 170 valence electrons. The summed E-state index contributed by atoms with van der Waals surface area (Å²) >= 11 is 0. The minimum atomic E-state index is -0.861. The summed E-state index contributed by atoms with van der Waals surface area (Å²) in [5.41, 5.74) is 10.5.